The molecule has 4 nitrogen and oxygen atoms in total. The molecule has 31 heavy (non-hydrogen) atoms. The van der Waals surface area contributed by atoms with E-state index in [2.05, 4.69) is 29.8 Å². The van der Waals surface area contributed by atoms with Gasteiger partial charge in [-0.2, -0.15) is 0 Å². The van der Waals surface area contributed by atoms with E-state index in [9.17, 15) is 14.7 Å². The number of rotatable bonds is 4. The lowest BCUT2D eigenvalue weighted by Crippen LogP contribution is -2.29. The Morgan fingerprint density at radius 2 is 1.52 bits per heavy atom. The molecule has 0 aromatic heterocycles. The van der Waals surface area contributed by atoms with Crippen LogP contribution < -0.4 is 4.90 Å². The molecule has 0 saturated carbocycles. The number of halogens is 1. The summed E-state index contributed by atoms with van der Waals surface area (Å²) in [5.74, 6) is -1.17. The number of hydrogen-bond acceptors (Lipinski definition) is 3. The van der Waals surface area contributed by atoms with Crippen LogP contribution in [0.15, 0.2) is 88.9 Å². The van der Waals surface area contributed by atoms with Crippen molar-refractivity contribution in [1.82, 2.24) is 0 Å². The summed E-state index contributed by atoms with van der Waals surface area (Å²) in [7, 11) is 0. The predicted molar refractivity (Wildman–Crippen MR) is 126 cm³/mol. The van der Waals surface area contributed by atoms with Gasteiger partial charge in [-0.15, -0.1) is 0 Å². The zero-order chi connectivity index (χ0) is 22.1. The zero-order valence-corrected chi connectivity index (χ0v) is 18.8. The third-order valence-corrected chi connectivity index (χ3v) is 6.04. The molecule has 1 saturated heterocycles. The van der Waals surface area contributed by atoms with Gasteiger partial charge < -0.3 is 5.11 Å². The van der Waals surface area contributed by atoms with Crippen LogP contribution in [0.25, 0.3) is 5.76 Å². The molecule has 1 fully saturated rings. The quantitative estimate of drug-likeness (QED) is 0.277. The van der Waals surface area contributed by atoms with Crippen molar-refractivity contribution >= 4 is 39.1 Å². The van der Waals surface area contributed by atoms with Gasteiger partial charge in [0.15, 0.2) is 0 Å². The first-order valence-corrected chi connectivity index (χ1v) is 10.9. The lowest BCUT2D eigenvalue weighted by molar-refractivity contribution is -0.132. The van der Waals surface area contributed by atoms with Crippen LogP contribution in [0, 0.1) is 0 Å². The maximum atomic E-state index is 13.1. The fourth-order valence-electron chi connectivity index (χ4n) is 3.83. The average Bonchev–Trinajstić information content (AvgIpc) is 3.05. The smallest absolute Gasteiger partial charge is 0.300 e. The minimum atomic E-state index is -0.713. The van der Waals surface area contributed by atoms with Gasteiger partial charge in [0.1, 0.15) is 5.76 Å². The molecule has 1 N–H and O–H groups in total. The van der Waals surface area contributed by atoms with E-state index in [0.29, 0.717) is 17.2 Å². The Morgan fingerprint density at radius 1 is 0.903 bits per heavy atom. The van der Waals surface area contributed by atoms with E-state index in [-0.39, 0.29) is 11.3 Å². The SMILES string of the molecule is CC(C)c1ccc(N2C(=O)C(=O)/C(=C(/O)c3ccc(Br)cc3)C2c2ccccc2)cc1. The van der Waals surface area contributed by atoms with Crippen LogP contribution in [-0.2, 0) is 9.59 Å². The number of carbonyl (C=O) groups is 2. The molecule has 1 unspecified atom stereocenters. The van der Waals surface area contributed by atoms with Crippen molar-refractivity contribution in [3.8, 4) is 0 Å². The van der Waals surface area contributed by atoms with Crippen molar-refractivity contribution in [3.05, 3.63) is 106 Å². The van der Waals surface area contributed by atoms with Gasteiger partial charge in [0.05, 0.1) is 11.6 Å². The van der Waals surface area contributed by atoms with Crippen molar-refractivity contribution < 1.29 is 14.7 Å². The van der Waals surface area contributed by atoms with Crippen LogP contribution in [0.5, 0.6) is 0 Å². The van der Waals surface area contributed by atoms with Crippen molar-refractivity contribution in [1.29, 1.82) is 0 Å². The van der Waals surface area contributed by atoms with E-state index in [1.54, 1.807) is 24.3 Å². The summed E-state index contributed by atoms with van der Waals surface area (Å²) >= 11 is 3.38. The first-order valence-electron chi connectivity index (χ1n) is 10.1. The number of hydrogen-bond donors (Lipinski definition) is 1. The Bertz CT molecular complexity index is 1150. The highest BCUT2D eigenvalue weighted by Gasteiger charge is 2.46. The molecule has 1 aliphatic heterocycles. The summed E-state index contributed by atoms with van der Waals surface area (Å²) in [6, 6.07) is 23.3. The van der Waals surface area contributed by atoms with Crippen LogP contribution in [0.3, 0.4) is 0 Å². The van der Waals surface area contributed by atoms with E-state index in [0.717, 1.165) is 15.6 Å². The minimum absolute atomic E-state index is 0.0893. The summed E-state index contributed by atoms with van der Waals surface area (Å²) in [6.45, 7) is 4.20. The molecule has 156 valence electrons. The summed E-state index contributed by atoms with van der Waals surface area (Å²) < 4.78 is 0.856. The van der Waals surface area contributed by atoms with Gasteiger partial charge in [0, 0.05) is 15.7 Å². The maximum absolute atomic E-state index is 13.1. The highest BCUT2D eigenvalue weighted by molar-refractivity contribution is 9.10. The fourth-order valence-corrected chi connectivity index (χ4v) is 4.10. The number of nitrogens with zero attached hydrogens (tertiary/aromatic N) is 1. The second-order valence-electron chi connectivity index (χ2n) is 7.83. The summed E-state index contributed by atoms with van der Waals surface area (Å²) in [5, 5.41) is 11.1. The van der Waals surface area contributed by atoms with E-state index in [4.69, 9.17) is 0 Å². The van der Waals surface area contributed by atoms with Gasteiger partial charge >= 0.3 is 0 Å². The molecule has 1 atom stereocenters. The largest absolute Gasteiger partial charge is 0.507 e. The normalized spacial score (nSPS) is 18.1. The molecule has 0 bridgehead atoms. The molecule has 0 spiro atoms. The fraction of sp³-hybridized carbons (Fsp3) is 0.154. The van der Waals surface area contributed by atoms with Crippen LogP contribution in [0.4, 0.5) is 5.69 Å². The summed E-state index contributed by atoms with van der Waals surface area (Å²) in [4.78, 5) is 27.7. The molecular weight excluding hydrogens is 454 g/mol. The molecule has 0 aliphatic carbocycles. The molecule has 0 radical (unpaired) electrons. The van der Waals surface area contributed by atoms with Gasteiger partial charge in [-0.3, -0.25) is 14.5 Å². The van der Waals surface area contributed by atoms with E-state index >= 15 is 0 Å². The molecule has 1 aliphatic rings. The van der Waals surface area contributed by atoms with E-state index in [1.165, 1.54) is 4.90 Å². The molecule has 1 amide bonds. The van der Waals surface area contributed by atoms with Crippen LogP contribution in [0.1, 0.15) is 42.5 Å². The first kappa shape index (κ1) is 21.1. The number of aliphatic hydroxyl groups excluding tert-OH is 1. The van der Waals surface area contributed by atoms with Crippen molar-refractivity contribution in [2.45, 2.75) is 25.8 Å². The number of carbonyl (C=O) groups excluding carboxylic acids is 2. The van der Waals surface area contributed by atoms with Gasteiger partial charge in [0.25, 0.3) is 11.7 Å². The molecule has 4 rings (SSSR count). The lowest BCUT2D eigenvalue weighted by Gasteiger charge is -2.25. The number of Topliss-reactive ketones (excluding diaryl/α,β-unsaturated/α-hetero) is 1. The number of amides is 1. The zero-order valence-electron chi connectivity index (χ0n) is 17.2. The van der Waals surface area contributed by atoms with Gasteiger partial charge in [-0.25, -0.2) is 0 Å². The number of benzene rings is 3. The van der Waals surface area contributed by atoms with Crippen molar-refractivity contribution in [3.63, 3.8) is 0 Å². The Labute approximate surface area is 190 Å². The Morgan fingerprint density at radius 3 is 2.10 bits per heavy atom. The summed E-state index contributed by atoms with van der Waals surface area (Å²) in [6.07, 6.45) is 0. The molecule has 1 heterocycles. The first-order chi connectivity index (χ1) is 14.9. The second kappa shape index (κ2) is 8.52. The average molecular weight is 476 g/mol. The molecular formula is C26H22BrNO3. The Balaban J connectivity index is 1.89. The van der Waals surface area contributed by atoms with Gasteiger partial charge in [0.2, 0.25) is 0 Å². The molecule has 5 heteroatoms. The highest BCUT2D eigenvalue weighted by atomic mass is 79.9. The van der Waals surface area contributed by atoms with Crippen molar-refractivity contribution in [2.75, 3.05) is 4.90 Å². The number of aliphatic hydroxyl groups is 1. The minimum Gasteiger partial charge on any atom is -0.507 e. The maximum Gasteiger partial charge on any atom is 0.300 e. The van der Waals surface area contributed by atoms with E-state index < -0.39 is 17.7 Å². The Hall–Kier alpha value is -3.18. The number of ketones is 1. The Kier molecular flexibility index (Phi) is 5.79. The summed E-state index contributed by atoms with van der Waals surface area (Å²) in [5.41, 5.74) is 3.10. The number of anilines is 1. The van der Waals surface area contributed by atoms with Crippen molar-refractivity contribution in [2.24, 2.45) is 0 Å². The van der Waals surface area contributed by atoms with Crippen LogP contribution in [-0.4, -0.2) is 16.8 Å². The van der Waals surface area contributed by atoms with Crippen LogP contribution >= 0.6 is 15.9 Å². The highest BCUT2D eigenvalue weighted by Crippen LogP contribution is 2.42. The predicted octanol–water partition coefficient (Wildman–Crippen LogP) is 6.20. The van der Waals surface area contributed by atoms with E-state index in [1.807, 2.05) is 54.6 Å². The topological polar surface area (TPSA) is 57.6 Å². The standard InChI is InChI=1S/C26H22BrNO3/c1-16(2)17-10-14-21(15-11-17)28-23(18-6-4-3-5-7-18)22(25(30)26(28)31)24(29)19-8-12-20(27)13-9-19/h3-16,23,29H,1-2H3/b24-22+. The molecule has 3 aromatic rings. The second-order valence-corrected chi connectivity index (χ2v) is 8.75. The third kappa shape index (κ3) is 3.93. The third-order valence-electron chi connectivity index (χ3n) is 5.52. The molecule has 3 aromatic carbocycles. The monoisotopic (exact) mass is 475 g/mol. The lowest BCUT2D eigenvalue weighted by atomic mass is 9.95. The van der Waals surface area contributed by atoms with Gasteiger partial charge in [-0.05, 0) is 41.3 Å². The van der Waals surface area contributed by atoms with Gasteiger partial charge in [-0.1, -0.05) is 84.4 Å². The van der Waals surface area contributed by atoms with Crippen LogP contribution in [0.2, 0.25) is 0 Å².